The van der Waals surface area contributed by atoms with E-state index in [-0.39, 0.29) is 11.9 Å². The summed E-state index contributed by atoms with van der Waals surface area (Å²) in [6.07, 6.45) is 0. The largest absolute Gasteiger partial charge is 0.495 e. The SMILES string of the molecule is COc1ccccc1NC(=O)C1=C(C)NC(=O)N[C@H]1c1ccccc1. The van der Waals surface area contributed by atoms with Gasteiger partial charge in [0.05, 0.1) is 24.4 Å². The zero-order chi connectivity index (χ0) is 17.8. The number of para-hydroxylation sites is 2. The molecule has 1 atom stereocenters. The van der Waals surface area contributed by atoms with Gasteiger partial charge in [-0.25, -0.2) is 4.79 Å². The number of amides is 3. The lowest BCUT2D eigenvalue weighted by Crippen LogP contribution is -2.45. The van der Waals surface area contributed by atoms with Crippen LogP contribution in [0.3, 0.4) is 0 Å². The molecule has 2 aromatic rings. The molecule has 6 heteroatoms. The summed E-state index contributed by atoms with van der Waals surface area (Å²) >= 11 is 0. The minimum Gasteiger partial charge on any atom is -0.495 e. The Morgan fingerprint density at radius 3 is 2.48 bits per heavy atom. The van der Waals surface area contributed by atoms with E-state index in [1.54, 1.807) is 26.2 Å². The third kappa shape index (κ3) is 3.47. The van der Waals surface area contributed by atoms with Crippen LogP contribution in [0.4, 0.5) is 10.5 Å². The van der Waals surface area contributed by atoms with Gasteiger partial charge in [-0.2, -0.15) is 0 Å². The number of urea groups is 1. The van der Waals surface area contributed by atoms with Crippen LogP contribution in [0.15, 0.2) is 65.9 Å². The van der Waals surface area contributed by atoms with Crippen LogP contribution >= 0.6 is 0 Å². The molecule has 0 aromatic heterocycles. The first kappa shape index (κ1) is 16.6. The fourth-order valence-electron chi connectivity index (χ4n) is 2.83. The summed E-state index contributed by atoms with van der Waals surface area (Å²) in [5.74, 6) is 0.265. The number of methoxy groups -OCH3 is 1. The zero-order valence-electron chi connectivity index (χ0n) is 14.0. The first-order valence-electron chi connectivity index (χ1n) is 7.87. The lowest BCUT2D eigenvalue weighted by Gasteiger charge is -2.28. The number of carbonyl (C=O) groups excluding carboxylic acids is 2. The van der Waals surface area contributed by atoms with Crippen LogP contribution in [-0.2, 0) is 4.79 Å². The third-order valence-electron chi connectivity index (χ3n) is 4.00. The molecule has 1 aliphatic rings. The highest BCUT2D eigenvalue weighted by molar-refractivity contribution is 6.07. The van der Waals surface area contributed by atoms with E-state index in [0.717, 1.165) is 5.56 Å². The monoisotopic (exact) mass is 337 g/mol. The second kappa shape index (κ2) is 7.09. The summed E-state index contributed by atoms with van der Waals surface area (Å²) in [7, 11) is 1.55. The van der Waals surface area contributed by atoms with E-state index in [0.29, 0.717) is 22.7 Å². The minimum atomic E-state index is -0.523. The first-order valence-corrected chi connectivity index (χ1v) is 7.87. The molecular weight excluding hydrogens is 318 g/mol. The van der Waals surface area contributed by atoms with Crippen molar-refractivity contribution in [2.75, 3.05) is 12.4 Å². The number of nitrogens with one attached hydrogen (secondary N) is 3. The van der Waals surface area contributed by atoms with Crippen LogP contribution < -0.4 is 20.7 Å². The van der Waals surface area contributed by atoms with Gasteiger partial charge in [-0.3, -0.25) is 4.79 Å². The molecule has 0 saturated heterocycles. The van der Waals surface area contributed by atoms with E-state index >= 15 is 0 Å². The van der Waals surface area contributed by atoms with Crippen LogP contribution in [0.2, 0.25) is 0 Å². The molecule has 3 N–H and O–H groups in total. The highest BCUT2D eigenvalue weighted by atomic mass is 16.5. The molecule has 6 nitrogen and oxygen atoms in total. The van der Waals surface area contributed by atoms with E-state index in [1.165, 1.54) is 0 Å². The number of carbonyl (C=O) groups is 2. The molecule has 0 radical (unpaired) electrons. The normalized spacial score (nSPS) is 16.7. The number of benzene rings is 2. The van der Waals surface area contributed by atoms with Gasteiger partial charge in [0, 0.05) is 5.70 Å². The molecule has 0 aliphatic carbocycles. The average molecular weight is 337 g/mol. The van der Waals surface area contributed by atoms with Crippen molar-refractivity contribution in [2.45, 2.75) is 13.0 Å². The molecule has 1 aliphatic heterocycles. The van der Waals surface area contributed by atoms with Gasteiger partial charge in [-0.15, -0.1) is 0 Å². The van der Waals surface area contributed by atoms with Crippen molar-refractivity contribution in [3.8, 4) is 5.75 Å². The Kier molecular flexibility index (Phi) is 4.70. The topological polar surface area (TPSA) is 79.5 Å². The number of anilines is 1. The van der Waals surface area contributed by atoms with Gasteiger partial charge in [0.15, 0.2) is 0 Å². The summed E-state index contributed by atoms with van der Waals surface area (Å²) in [4.78, 5) is 24.8. The fourth-order valence-corrected chi connectivity index (χ4v) is 2.83. The highest BCUT2D eigenvalue weighted by Gasteiger charge is 2.31. The quantitative estimate of drug-likeness (QED) is 0.802. The smallest absolute Gasteiger partial charge is 0.319 e. The lowest BCUT2D eigenvalue weighted by molar-refractivity contribution is -0.113. The van der Waals surface area contributed by atoms with Gasteiger partial charge >= 0.3 is 6.03 Å². The molecule has 3 rings (SSSR count). The lowest BCUT2D eigenvalue weighted by atomic mass is 9.95. The summed E-state index contributed by atoms with van der Waals surface area (Å²) in [6, 6.07) is 15.7. The molecule has 1 heterocycles. The Labute approximate surface area is 145 Å². The molecule has 2 aromatic carbocycles. The second-order valence-corrected chi connectivity index (χ2v) is 5.64. The molecular formula is C19H19N3O3. The molecule has 3 amide bonds. The summed E-state index contributed by atoms with van der Waals surface area (Å²) in [5, 5.41) is 8.33. The first-order chi connectivity index (χ1) is 12.1. The number of rotatable bonds is 4. The molecule has 128 valence electrons. The molecule has 25 heavy (non-hydrogen) atoms. The number of hydrogen-bond donors (Lipinski definition) is 3. The predicted octanol–water partition coefficient (Wildman–Crippen LogP) is 2.96. The maximum atomic E-state index is 12.9. The van der Waals surface area contributed by atoms with Crippen molar-refractivity contribution in [1.29, 1.82) is 0 Å². The van der Waals surface area contributed by atoms with Gasteiger partial charge in [0.1, 0.15) is 5.75 Å². The minimum absolute atomic E-state index is 0.302. The number of allylic oxidation sites excluding steroid dienone is 1. The van der Waals surface area contributed by atoms with E-state index in [9.17, 15) is 9.59 Å². The highest BCUT2D eigenvalue weighted by Crippen LogP contribution is 2.29. The van der Waals surface area contributed by atoms with Gasteiger partial charge < -0.3 is 20.7 Å². The van der Waals surface area contributed by atoms with E-state index in [1.807, 2.05) is 42.5 Å². The third-order valence-corrected chi connectivity index (χ3v) is 4.00. The second-order valence-electron chi connectivity index (χ2n) is 5.64. The van der Waals surface area contributed by atoms with Crippen molar-refractivity contribution in [2.24, 2.45) is 0 Å². The Morgan fingerprint density at radius 2 is 1.76 bits per heavy atom. The standard InChI is InChI=1S/C19H19N3O3/c1-12-16(18(23)21-14-10-6-7-11-15(14)25-2)17(22-19(24)20-12)13-8-4-3-5-9-13/h3-11,17H,1-2H3,(H,21,23)(H2,20,22,24)/t17-/m0/s1. The molecule has 0 unspecified atom stereocenters. The predicted molar refractivity (Wildman–Crippen MR) is 95.2 cm³/mol. The van der Waals surface area contributed by atoms with Crippen LogP contribution in [0.25, 0.3) is 0 Å². The summed E-state index contributed by atoms with van der Waals surface area (Å²) in [6.45, 7) is 1.71. The number of hydrogen-bond acceptors (Lipinski definition) is 3. The van der Waals surface area contributed by atoms with Crippen molar-refractivity contribution < 1.29 is 14.3 Å². The van der Waals surface area contributed by atoms with E-state index in [2.05, 4.69) is 16.0 Å². The Hall–Kier alpha value is -3.28. The molecule has 0 bridgehead atoms. The molecule has 0 fully saturated rings. The van der Waals surface area contributed by atoms with Crippen molar-refractivity contribution >= 4 is 17.6 Å². The zero-order valence-corrected chi connectivity index (χ0v) is 14.0. The summed E-state index contributed by atoms with van der Waals surface area (Å²) in [5.41, 5.74) is 2.38. The summed E-state index contributed by atoms with van der Waals surface area (Å²) < 4.78 is 5.27. The van der Waals surface area contributed by atoms with Crippen LogP contribution in [0, 0.1) is 0 Å². The van der Waals surface area contributed by atoms with Crippen molar-refractivity contribution in [3.63, 3.8) is 0 Å². The Balaban J connectivity index is 1.95. The van der Waals surface area contributed by atoms with Crippen LogP contribution in [-0.4, -0.2) is 19.0 Å². The van der Waals surface area contributed by atoms with Gasteiger partial charge in [-0.05, 0) is 24.6 Å². The fraction of sp³-hybridized carbons (Fsp3) is 0.158. The maximum Gasteiger partial charge on any atom is 0.319 e. The van der Waals surface area contributed by atoms with Gasteiger partial charge in [0.2, 0.25) is 0 Å². The average Bonchev–Trinajstić information content (AvgIpc) is 2.62. The van der Waals surface area contributed by atoms with Gasteiger partial charge in [0.25, 0.3) is 5.91 Å². The Bertz CT molecular complexity index is 831. The molecule has 0 saturated carbocycles. The Morgan fingerprint density at radius 1 is 1.08 bits per heavy atom. The van der Waals surface area contributed by atoms with Crippen molar-refractivity contribution in [3.05, 3.63) is 71.4 Å². The van der Waals surface area contributed by atoms with Gasteiger partial charge in [-0.1, -0.05) is 42.5 Å². The van der Waals surface area contributed by atoms with Crippen LogP contribution in [0.5, 0.6) is 5.75 Å². The van der Waals surface area contributed by atoms with Crippen LogP contribution in [0.1, 0.15) is 18.5 Å². The maximum absolute atomic E-state index is 12.9. The number of ether oxygens (including phenoxy) is 1. The van der Waals surface area contributed by atoms with E-state index in [4.69, 9.17) is 4.74 Å². The molecule has 0 spiro atoms. The van der Waals surface area contributed by atoms with E-state index < -0.39 is 6.04 Å². The van der Waals surface area contributed by atoms with Crippen molar-refractivity contribution in [1.82, 2.24) is 10.6 Å².